The Hall–Kier alpha value is -8.38. The first-order valence-corrected chi connectivity index (χ1v) is 34.9. The Morgan fingerprint density at radius 2 is 0.925 bits per heavy atom. The molecule has 0 saturated carbocycles. The summed E-state index contributed by atoms with van der Waals surface area (Å²) in [6.45, 7) is 36.5. The van der Waals surface area contributed by atoms with Gasteiger partial charge in [0, 0.05) is 46.2 Å². The van der Waals surface area contributed by atoms with Crippen LogP contribution in [0.4, 0.5) is 5.69 Å². The van der Waals surface area contributed by atoms with Crippen molar-refractivity contribution in [3.05, 3.63) is 220 Å². The Bertz CT molecular complexity index is 4630. The summed E-state index contributed by atoms with van der Waals surface area (Å²) in [6, 6.07) is 53.6. The van der Waals surface area contributed by atoms with Crippen molar-refractivity contribution in [1.82, 2.24) is 18.5 Å². The van der Waals surface area contributed by atoms with Gasteiger partial charge in [0.25, 0.3) is 10.0 Å². The third kappa shape index (κ3) is 14.6. The smallest absolute Gasteiger partial charge is 0.268 e. The van der Waals surface area contributed by atoms with E-state index in [1.807, 2.05) is 48.6 Å². The molecule has 13 rings (SSSR count). The summed E-state index contributed by atoms with van der Waals surface area (Å²) in [4.78, 5) is 22.3. The van der Waals surface area contributed by atoms with E-state index in [2.05, 4.69) is 224 Å². The predicted octanol–water partition coefficient (Wildman–Crippen LogP) is 21.3. The Balaban J connectivity index is 0.000000137. The van der Waals surface area contributed by atoms with E-state index >= 15 is 0 Å². The maximum absolute atomic E-state index is 13.6. The van der Waals surface area contributed by atoms with E-state index in [1.54, 1.807) is 31.4 Å². The van der Waals surface area contributed by atoms with Crippen molar-refractivity contribution in [3.63, 3.8) is 0 Å². The second kappa shape index (κ2) is 28.5. The van der Waals surface area contributed by atoms with Gasteiger partial charge in [-0.25, -0.2) is 22.4 Å². The van der Waals surface area contributed by atoms with Gasteiger partial charge in [-0.05, 0) is 183 Å². The Labute approximate surface area is 552 Å². The summed E-state index contributed by atoms with van der Waals surface area (Å²) >= 11 is 0. The number of benzene rings is 8. The van der Waals surface area contributed by atoms with Crippen LogP contribution >= 0.6 is 0 Å². The number of hydrogen-bond donors (Lipinski definition) is 1. The number of ether oxygens (including phenoxy) is 2. The van der Waals surface area contributed by atoms with Crippen molar-refractivity contribution in [2.24, 2.45) is 11.8 Å². The third-order valence-electron chi connectivity index (χ3n) is 18.3. The summed E-state index contributed by atoms with van der Waals surface area (Å²) in [7, 11) is -1.94. The molecule has 1 N–H and O–H groups in total. The minimum Gasteiger partial charge on any atom is -0.483 e. The van der Waals surface area contributed by atoms with Gasteiger partial charge >= 0.3 is 0 Å². The van der Waals surface area contributed by atoms with Gasteiger partial charge in [0.1, 0.15) is 11.9 Å². The highest BCUT2D eigenvalue weighted by molar-refractivity contribution is 7.90. The highest BCUT2D eigenvalue weighted by Gasteiger charge is 2.34. The fourth-order valence-corrected chi connectivity index (χ4v) is 13.8. The molecule has 2 aliphatic rings. The van der Waals surface area contributed by atoms with Crippen LogP contribution in [0.5, 0.6) is 5.75 Å². The number of carbonyl (C=O) groups is 1. The van der Waals surface area contributed by atoms with Gasteiger partial charge in [-0.2, -0.15) is 0 Å². The van der Waals surface area contributed by atoms with E-state index in [0.717, 1.165) is 74.0 Å². The number of fused-ring (bicyclic) bond motifs is 10. The van der Waals surface area contributed by atoms with E-state index in [9.17, 15) is 13.2 Å². The zero-order valence-electron chi connectivity index (χ0n) is 57.7. The van der Waals surface area contributed by atoms with Gasteiger partial charge < -0.3 is 19.4 Å². The predicted molar refractivity (Wildman–Crippen MR) is 390 cm³/mol. The highest BCUT2D eigenvalue weighted by Crippen LogP contribution is 2.39. The van der Waals surface area contributed by atoms with E-state index in [1.165, 1.54) is 64.7 Å². The molecule has 1 amide bonds. The van der Waals surface area contributed by atoms with E-state index in [0.29, 0.717) is 52.2 Å². The molecule has 4 heterocycles. The summed E-state index contributed by atoms with van der Waals surface area (Å²) < 4.78 is 42.6. The number of hydrogen-bond acceptors (Lipinski definition) is 7. The monoisotopic (exact) mass is 1260 g/mol. The third-order valence-corrected chi connectivity index (χ3v) is 20.1. The Kier molecular flexibility index (Phi) is 20.7. The largest absolute Gasteiger partial charge is 0.483 e. The number of nitrogens with one attached hydrogen (secondary N) is 1. The molecule has 0 radical (unpaired) electrons. The van der Waals surface area contributed by atoms with Crippen molar-refractivity contribution in [2.45, 2.75) is 170 Å². The number of anilines is 1. The second-order valence-corrected chi connectivity index (χ2v) is 29.5. The minimum atomic E-state index is -3.71. The maximum atomic E-state index is 13.6. The lowest BCUT2D eigenvalue weighted by Gasteiger charge is -2.24. The van der Waals surface area contributed by atoms with E-state index in [-0.39, 0.29) is 17.9 Å². The fourth-order valence-electron chi connectivity index (χ4n) is 12.3. The minimum absolute atomic E-state index is 0.0000350. The molecule has 8 aromatic carbocycles. The number of aromatic nitrogens is 4. The standard InChI is InChI=1S/C24H25NO2S.C21H27NO.C19H23NO2.C18H20N2/c1-16(2)18-11-13-23-22(14-18)21-12-10-19(17(3)4)15-24(21)25(23)28(26,27)20-8-6-5-7-9-20;1-14(2)16-7-9-20-19(12-16)18-8-6-17(15(3)4)13-21(18)22(20)10-11-23-5;1-11(2)13-6-8-17-16(9-13)20-19(21)15-7-5-14(12(3)4)10-18(15)22-17;1-11(2)13-5-7-15-17(9-13)19-16-8-6-14(12(3)4)10-18(16)20-15/h5-17H,1-4H3;6-9,12-15H,10-11H2,1-5H3;5-12,15,18H,1-4H3,(H,20,21);5-12H,1-4H3. The number of rotatable bonds is 13. The molecule has 3 aromatic heterocycles. The van der Waals surface area contributed by atoms with Crippen LogP contribution in [0.1, 0.15) is 191 Å². The van der Waals surface area contributed by atoms with Crippen molar-refractivity contribution in [3.8, 4) is 5.75 Å². The molecule has 11 aromatic rings. The molecular formula is C82H95N5O5S. The van der Waals surface area contributed by atoms with Gasteiger partial charge in [0.2, 0.25) is 5.91 Å². The molecule has 484 valence electrons. The summed E-state index contributed by atoms with van der Waals surface area (Å²) in [5, 5.41) is 7.68. The second-order valence-electron chi connectivity index (χ2n) is 27.7. The number of nitrogens with zero attached hydrogens (tertiary/aromatic N) is 4. The molecule has 11 heteroatoms. The van der Waals surface area contributed by atoms with Gasteiger partial charge in [0.05, 0.1) is 56.2 Å². The topological polar surface area (TPSA) is 117 Å². The molecule has 2 unspecified atom stereocenters. The van der Waals surface area contributed by atoms with Crippen LogP contribution in [0, 0.1) is 11.8 Å². The van der Waals surface area contributed by atoms with Crippen molar-refractivity contribution < 1.29 is 22.7 Å². The zero-order chi connectivity index (χ0) is 66.7. The molecule has 2 atom stereocenters. The number of amides is 1. The molecule has 0 saturated heterocycles. The van der Waals surface area contributed by atoms with Gasteiger partial charge in [-0.15, -0.1) is 0 Å². The van der Waals surface area contributed by atoms with Gasteiger partial charge in [-0.3, -0.25) is 4.79 Å². The Morgan fingerprint density at radius 3 is 1.45 bits per heavy atom. The van der Waals surface area contributed by atoms with E-state index in [4.69, 9.17) is 19.4 Å². The molecule has 93 heavy (non-hydrogen) atoms. The lowest BCUT2D eigenvalue weighted by Crippen LogP contribution is -2.33. The summed E-state index contributed by atoms with van der Waals surface area (Å²) in [6.07, 6.45) is 5.86. The van der Waals surface area contributed by atoms with Crippen LogP contribution in [0.3, 0.4) is 0 Å². The van der Waals surface area contributed by atoms with Crippen LogP contribution in [0.2, 0.25) is 0 Å². The quantitative estimate of drug-likeness (QED) is 0.114. The van der Waals surface area contributed by atoms with Crippen molar-refractivity contribution in [2.75, 3.05) is 19.0 Å². The van der Waals surface area contributed by atoms with Crippen molar-refractivity contribution in [1.29, 1.82) is 0 Å². The van der Waals surface area contributed by atoms with Crippen LogP contribution in [0.25, 0.3) is 65.7 Å². The Morgan fingerprint density at radius 1 is 0.473 bits per heavy atom. The molecule has 0 fully saturated rings. The average molecular weight is 1260 g/mol. The normalized spacial score (nSPS) is 14.8. The molecule has 0 spiro atoms. The molecule has 1 aliphatic carbocycles. The maximum Gasteiger partial charge on any atom is 0.268 e. The van der Waals surface area contributed by atoms with E-state index < -0.39 is 10.0 Å². The van der Waals surface area contributed by atoms with Gasteiger partial charge in [-0.1, -0.05) is 196 Å². The van der Waals surface area contributed by atoms with Crippen LogP contribution in [0.15, 0.2) is 186 Å². The lowest BCUT2D eigenvalue weighted by atomic mass is 9.89. The molecule has 1 aliphatic heterocycles. The number of allylic oxidation sites excluding steroid dienone is 2. The van der Waals surface area contributed by atoms with Gasteiger partial charge in [0.15, 0.2) is 0 Å². The zero-order valence-corrected chi connectivity index (χ0v) is 58.5. The van der Waals surface area contributed by atoms with Crippen molar-refractivity contribution >= 4 is 87.3 Å². The van der Waals surface area contributed by atoms with Crippen LogP contribution in [-0.2, 0) is 26.1 Å². The fraction of sp³-hybridized carbons (Fsp3) is 0.354. The number of carbonyl (C=O) groups excluding carboxylic acids is 1. The first-order chi connectivity index (χ1) is 44.3. The first kappa shape index (κ1) is 67.5. The highest BCUT2D eigenvalue weighted by atomic mass is 32.2. The van der Waals surface area contributed by atoms with Crippen LogP contribution in [-0.4, -0.2) is 52.7 Å². The molecule has 10 nitrogen and oxygen atoms in total. The first-order valence-electron chi connectivity index (χ1n) is 33.5. The SMILES string of the molecule is CC(C)C1=CC2Oc3ccc(C(C)C)cc3NC(=O)C2C=C1.CC(C)c1ccc2c(c1)c1ccc(C(C)C)cc1n2S(=O)(=O)c1ccccc1.CC(C)c1ccc2nc3cc(C(C)C)ccc3nc2c1.COCCn1c2ccc(C(C)C)cc2c2ccc(C(C)C)cc21. The molecular weight excluding hydrogens is 1170 g/mol. The number of methoxy groups -OCH3 is 1. The lowest BCUT2D eigenvalue weighted by molar-refractivity contribution is -0.119. The molecule has 0 bridgehead atoms. The van der Waals surface area contributed by atoms with Crippen LogP contribution < -0.4 is 10.1 Å². The summed E-state index contributed by atoms with van der Waals surface area (Å²) in [5.41, 5.74) is 19.0. The average Bonchev–Trinajstić information content (AvgIpc) is 1.59. The summed E-state index contributed by atoms with van der Waals surface area (Å²) in [5.74, 6) is 4.14.